The number of carbonyl (C=O) groups is 1. The average molecular weight is 422 g/mol. The van der Waals surface area contributed by atoms with Crippen molar-refractivity contribution in [3.05, 3.63) is 107 Å². The molecule has 7 nitrogen and oxygen atoms in total. The van der Waals surface area contributed by atoms with Crippen molar-refractivity contribution in [2.45, 2.75) is 0 Å². The first-order valence-electron chi connectivity index (χ1n) is 9.97. The predicted molar refractivity (Wildman–Crippen MR) is 123 cm³/mol. The number of benzene rings is 3. The molecular weight excluding hydrogens is 404 g/mol. The lowest BCUT2D eigenvalue weighted by atomic mass is 10.1. The Morgan fingerprint density at radius 2 is 1.56 bits per heavy atom. The molecule has 0 saturated heterocycles. The lowest BCUT2D eigenvalue weighted by molar-refractivity contribution is 0.102. The first-order chi connectivity index (χ1) is 15.6. The van der Waals surface area contributed by atoms with Crippen LogP contribution in [0.25, 0.3) is 22.3 Å². The largest absolute Gasteiger partial charge is 0.457 e. The number of nitrogens with one attached hydrogen (secondary N) is 3. The van der Waals surface area contributed by atoms with E-state index in [2.05, 4.69) is 20.3 Å². The summed E-state index contributed by atoms with van der Waals surface area (Å²) in [6, 6.07) is 25.9. The molecule has 32 heavy (non-hydrogen) atoms. The third-order valence-electron chi connectivity index (χ3n) is 4.93. The first-order valence-corrected chi connectivity index (χ1v) is 9.97. The van der Waals surface area contributed by atoms with Gasteiger partial charge in [-0.05, 0) is 66.7 Å². The zero-order valence-electron chi connectivity index (χ0n) is 16.8. The molecule has 0 radical (unpaired) electrons. The Hall–Kier alpha value is -4.65. The molecule has 0 fully saturated rings. The number of nitrogens with zero attached hydrogens (tertiary/aromatic N) is 1. The van der Waals surface area contributed by atoms with Gasteiger partial charge in [0.05, 0.1) is 22.3 Å². The highest BCUT2D eigenvalue weighted by atomic mass is 16.5. The quantitative estimate of drug-likeness (QED) is 0.373. The maximum absolute atomic E-state index is 12.6. The van der Waals surface area contributed by atoms with E-state index in [1.807, 2.05) is 54.6 Å². The summed E-state index contributed by atoms with van der Waals surface area (Å²) in [5.41, 5.74) is 3.69. The Morgan fingerprint density at radius 3 is 2.31 bits per heavy atom. The van der Waals surface area contributed by atoms with E-state index in [9.17, 15) is 9.59 Å². The van der Waals surface area contributed by atoms with Crippen LogP contribution in [0.15, 0.2) is 95.9 Å². The van der Waals surface area contributed by atoms with Gasteiger partial charge < -0.3 is 20.0 Å². The van der Waals surface area contributed by atoms with E-state index < -0.39 is 0 Å². The molecule has 0 aliphatic heterocycles. The maximum atomic E-state index is 12.6. The highest BCUT2D eigenvalue weighted by Gasteiger charge is 2.09. The fraction of sp³-hybridized carbons (Fsp3) is 0. The number of aromatic amines is 2. The number of hydrogen-bond acceptors (Lipinski definition) is 4. The van der Waals surface area contributed by atoms with Crippen molar-refractivity contribution in [2.24, 2.45) is 0 Å². The Morgan fingerprint density at radius 1 is 0.812 bits per heavy atom. The minimum atomic E-state index is -0.289. The summed E-state index contributed by atoms with van der Waals surface area (Å²) in [6.45, 7) is 0. The predicted octanol–water partition coefficient (Wildman–Crippen LogP) is 4.96. The fourth-order valence-corrected chi connectivity index (χ4v) is 3.33. The smallest absolute Gasteiger partial charge is 0.323 e. The number of anilines is 1. The second kappa shape index (κ2) is 8.23. The van der Waals surface area contributed by atoms with E-state index >= 15 is 0 Å². The van der Waals surface area contributed by atoms with E-state index in [-0.39, 0.29) is 11.6 Å². The molecule has 156 valence electrons. The highest BCUT2D eigenvalue weighted by molar-refractivity contribution is 6.04. The van der Waals surface area contributed by atoms with Gasteiger partial charge in [-0.1, -0.05) is 18.2 Å². The van der Waals surface area contributed by atoms with Gasteiger partial charge in [-0.2, -0.15) is 0 Å². The molecule has 3 aromatic carbocycles. The number of para-hydroxylation sites is 1. The summed E-state index contributed by atoms with van der Waals surface area (Å²) in [5.74, 6) is 1.22. The monoisotopic (exact) mass is 422 g/mol. The molecular formula is C25H18N4O3. The van der Waals surface area contributed by atoms with Crippen LogP contribution in [0.1, 0.15) is 10.4 Å². The Balaban J connectivity index is 1.27. The normalized spacial score (nSPS) is 10.8. The zero-order chi connectivity index (χ0) is 21.9. The Kier molecular flexibility index (Phi) is 4.97. The van der Waals surface area contributed by atoms with Crippen LogP contribution in [0.4, 0.5) is 5.69 Å². The number of carbonyl (C=O) groups excluding carboxylic acids is 1. The van der Waals surface area contributed by atoms with E-state index in [0.29, 0.717) is 22.3 Å². The van der Waals surface area contributed by atoms with E-state index in [4.69, 9.17) is 4.74 Å². The van der Waals surface area contributed by atoms with Crippen LogP contribution in [0.3, 0.4) is 0 Å². The van der Waals surface area contributed by atoms with Crippen molar-refractivity contribution in [3.63, 3.8) is 0 Å². The van der Waals surface area contributed by atoms with Gasteiger partial charge in [-0.3, -0.25) is 9.78 Å². The molecule has 0 atom stereocenters. The van der Waals surface area contributed by atoms with Crippen molar-refractivity contribution < 1.29 is 9.53 Å². The van der Waals surface area contributed by atoms with Gasteiger partial charge in [-0.15, -0.1) is 0 Å². The summed E-state index contributed by atoms with van der Waals surface area (Å²) < 4.78 is 5.81. The van der Waals surface area contributed by atoms with Crippen LogP contribution < -0.4 is 15.7 Å². The molecule has 3 N–H and O–H groups in total. The minimum absolute atomic E-state index is 0.284. The molecule has 0 bridgehead atoms. The maximum Gasteiger partial charge on any atom is 0.323 e. The van der Waals surface area contributed by atoms with Gasteiger partial charge in [0.15, 0.2) is 0 Å². The Labute approximate surface area is 182 Å². The second-order valence-corrected chi connectivity index (χ2v) is 7.17. The summed E-state index contributed by atoms with van der Waals surface area (Å²) >= 11 is 0. The number of aromatic nitrogens is 3. The molecule has 2 aromatic heterocycles. The van der Waals surface area contributed by atoms with Crippen molar-refractivity contribution in [1.29, 1.82) is 0 Å². The van der Waals surface area contributed by atoms with Gasteiger partial charge >= 0.3 is 5.69 Å². The molecule has 0 aliphatic carbocycles. The third-order valence-corrected chi connectivity index (χ3v) is 4.93. The van der Waals surface area contributed by atoms with Crippen LogP contribution in [0.5, 0.6) is 11.5 Å². The van der Waals surface area contributed by atoms with Gasteiger partial charge in [-0.25, -0.2) is 4.79 Å². The fourth-order valence-electron chi connectivity index (χ4n) is 3.33. The van der Waals surface area contributed by atoms with Gasteiger partial charge in [0.25, 0.3) is 5.91 Å². The standard InChI is InChI=1S/C25H18N4O3/c30-24(27-18-9-13-22-23(14-18)29-25(31)28-22)17-8-12-21(26-15-17)16-6-10-20(11-7-16)32-19-4-2-1-3-5-19/h1-15H,(H,27,30)(H2,28,29,31). The number of H-pyrrole nitrogens is 2. The molecule has 0 aliphatic rings. The number of hydrogen-bond donors (Lipinski definition) is 3. The van der Waals surface area contributed by atoms with Crippen LogP contribution in [0.2, 0.25) is 0 Å². The first kappa shape index (κ1) is 19.3. The zero-order valence-corrected chi connectivity index (χ0v) is 16.8. The van der Waals surface area contributed by atoms with E-state index in [0.717, 1.165) is 22.8 Å². The van der Waals surface area contributed by atoms with Crippen LogP contribution in [0, 0.1) is 0 Å². The van der Waals surface area contributed by atoms with Crippen molar-refractivity contribution in [2.75, 3.05) is 5.32 Å². The van der Waals surface area contributed by atoms with Gasteiger partial charge in [0.2, 0.25) is 0 Å². The molecule has 1 amide bonds. The number of ether oxygens (including phenoxy) is 1. The van der Waals surface area contributed by atoms with E-state index in [1.165, 1.54) is 6.20 Å². The lowest BCUT2D eigenvalue weighted by Gasteiger charge is -2.08. The summed E-state index contributed by atoms with van der Waals surface area (Å²) in [6.07, 6.45) is 1.54. The number of pyridine rings is 1. The topological polar surface area (TPSA) is 99.9 Å². The number of fused-ring (bicyclic) bond motifs is 1. The van der Waals surface area contributed by atoms with Crippen LogP contribution >= 0.6 is 0 Å². The van der Waals surface area contributed by atoms with Gasteiger partial charge in [0, 0.05) is 17.4 Å². The second-order valence-electron chi connectivity index (χ2n) is 7.17. The van der Waals surface area contributed by atoms with Gasteiger partial charge in [0.1, 0.15) is 11.5 Å². The van der Waals surface area contributed by atoms with E-state index in [1.54, 1.807) is 30.3 Å². The minimum Gasteiger partial charge on any atom is -0.457 e. The van der Waals surface area contributed by atoms with Crippen molar-refractivity contribution in [1.82, 2.24) is 15.0 Å². The van der Waals surface area contributed by atoms with Crippen molar-refractivity contribution >= 4 is 22.6 Å². The summed E-state index contributed by atoms with van der Waals surface area (Å²) in [4.78, 5) is 33.7. The molecule has 5 rings (SSSR count). The third kappa shape index (κ3) is 4.13. The Bertz CT molecular complexity index is 1440. The molecule has 0 spiro atoms. The number of amides is 1. The number of imidazole rings is 1. The SMILES string of the molecule is O=C(Nc1ccc2[nH]c(=O)[nH]c2c1)c1ccc(-c2ccc(Oc3ccccc3)cc2)nc1. The molecule has 5 aromatic rings. The van der Waals surface area contributed by atoms with Crippen LogP contribution in [-0.4, -0.2) is 20.9 Å². The summed E-state index contributed by atoms with van der Waals surface area (Å²) in [5, 5.41) is 2.82. The molecule has 0 unspecified atom stereocenters. The lowest BCUT2D eigenvalue weighted by Crippen LogP contribution is -2.12. The average Bonchev–Trinajstić information content (AvgIpc) is 3.20. The molecule has 0 saturated carbocycles. The molecule has 7 heteroatoms. The summed E-state index contributed by atoms with van der Waals surface area (Å²) in [7, 11) is 0. The molecule has 2 heterocycles. The van der Waals surface area contributed by atoms with Crippen molar-refractivity contribution in [3.8, 4) is 22.8 Å². The van der Waals surface area contributed by atoms with Crippen LogP contribution in [-0.2, 0) is 0 Å². The number of rotatable bonds is 5. The highest BCUT2D eigenvalue weighted by Crippen LogP contribution is 2.25.